The highest BCUT2D eigenvalue weighted by molar-refractivity contribution is 7.99. The van der Waals surface area contributed by atoms with E-state index >= 15 is 0 Å². The number of hydrogen-bond acceptors (Lipinski definition) is 3. The molecule has 22 heavy (non-hydrogen) atoms. The Morgan fingerprint density at radius 1 is 1.09 bits per heavy atom. The molecule has 0 aliphatic rings. The largest absolute Gasteiger partial charge is 0.285 e. The molecular weight excluding hydrogens is 316 g/mol. The van der Waals surface area contributed by atoms with Crippen molar-refractivity contribution in [2.45, 2.75) is 16.7 Å². The summed E-state index contributed by atoms with van der Waals surface area (Å²) >= 11 is 7.45. The predicted molar refractivity (Wildman–Crippen MR) is 90.1 cm³/mol. The quantitative estimate of drug-likeness (QED) is 0.717. The van der Waals surface area contributed by atoms with Gasteiger partial charge in [0.15, 0.2) is 0 Å². The molecule has 0 aliphatic carbocycles. The number of aryl methyl sites for hydroxylation is 1. The summed E-state index contributed by atoms with van der Waals surface area (Å²) in [6, 6.07) is 16.9. The summed E-state index contributed by atoms with van der Waals surface area (Å²) < 4.78 is 1.38. The molecule has 0 bridgehead atoms. The third-order valence-corrected chi connectivity index (χ3v) is 4.57. The first kappa shape index (κ1) is 14.9. The average molecular weight is 329 g/mol. The van der Waals surface area contributed by atoms with Crippen LogP contribution in [-0.4, -0.2) is 9.78 Å². The second-order valence-corrected chi connectivity index (χ2v) is 6.29. The van der Waals surface area contributed by atoms with Gasteiger partial charge in [0.25, 0.3) is 5.56 Å². The monoisotopic (exact) mass is 328 g/mol. The van der Waals surface area contributed by atoms with Gasteiger partial charge < -0.3 is 0 Å². The van der Waals surface area contributed by atoms with E-state index in [9.17, 15) is 4.79 Å². The molecule has 1 aromatic heterocycles. The summed E-state index contributed by atoms with van der Waals surface area (Å²) in [7, 11) is 0. The van der Waals surface area contributed by atoms with Crippen LogP contribution < -0.4 is 5.56 Å². The van der Waals surface area contributed by atoms with Crippen LogP contribution in [0.4, 0.5) is 0 Å². The minimum atomic E-state index is -0.142. The zero-order valence-corrected chi connectivity index (χ0v) is 13.4. The summed E-state index contributed by atoms with van der Waals surface area (Å²) in [4.78, 5) is 14.4. The van der Waals surface area contributed by atoms with Crippen molar-refractivity contribution in [1.82, 2.24) is 9.78 Å². The topological polar surface area (TPSA) is 34.9 Å². The van der Waals surface area contributed by atoms with Gasteiger partial charge in [-0.1, -0.05) is 47.6 Å². The van der Waals surface area contributed by atoms with Crippen molar-refractivity contribution in [1.29, 1.82) is 0 Å². The smallest absolute Gasteiger partial charge is 0.266 e. The number of nitrogens with zero attached hydrogens (tertiary/aromatic N) is 2. The Kier molecular flexibility index (Phi) is 4.32. The molecule has 0 atom stereocenters. The molecule has 0 aliphatic heterocycles. The lowest BCUT2D eigenvalue weighted by Crippen LogP contribution is -2.23. The number of halogens is 1. The first-order valence-corrected chi connectivity index (χ1v) is 7.92. The molecule has 3 nitrogen and oxygen atoms in total. The van der Waals surface area contributed by atoms with Crippen LogP contribution in [0.25, 0.3) is 5.69 Å². The molecule has 0 radical (unpaired) electrons. The van der Waals surface area contributed by atoms with Gasteiger partial charge >= 0.3 is 0 Å². The molecule has 5 heteroatoms. The Morgan fingerprint density at radius 2 is 1.86 bits per heavy atom. The Balaban J connectivity index is 2.08. The minimum Gasteiger partial charge on any atom is -0.266 e. The second-order valence-electron chi connectivity index (χ2n) is 4.77. The number of aromatic nitrogens is 2. The SMILES string of the molecule is Cc1cnn(-c2cccc(Cl)c2)c(=O)c1Sc1ccccc1. The van der Waals surface area contributed by atoms with Gasteiger partial charge in [0.05, 0.1) is 16.8 Å². The Hall–Kier alpha value is -2.04. The zero-order chi connectivity index (χ0) is 15.5. The number of benzene rings is 2. The predicted octanol–water partition coefficient (Wildman–Crippen LogP) is 4.35. The van der Waals surface area contributed by atoms with Crippen molar-refractivity contribution in [2.24, 2.45) is 0 Å². The summed E-state index contributed by atoms with van der Waals surface area (Å²) in [6.07, 6.45) is 1.70. The molecule has 0 N–H and O–H groups in total. The van der Waals surface area contributed by atoms with Crippen molar-refractivity contribution >= 4 is 23.4 Å². The highest BCUT2D eigenvalue weighted by Crippen LogP contribution is 2.27. The van der Waals surface area contributed by atoms with Crippen LogP contribution in [0.2, 0.25) is 5.02 Å². The van der Waals surface area contributed by atoms with Gasteiger partial charge in [-0.25, -0.2) is 0 Å². The molecule has 110 valence electrons. The fraction of sp³-hybridized carbons (Fsp3) is 0.0588. The summed E-state index contributed by atoms with van der Waals surface area (Å²) in [5.41, 5.74) is 1.38. The van der Waals surface area contributed by atoms with Gasteiger partial charge in [0, 0.05) is 9.92 Å². The Bertz CT molecular complexity index is 862. The maximum absolute atomic E-state index is 12.7. The third-order valence-electron chi connectivity index (χ3n) is 3.13. The first-order chi connectivity index (χ1) is 10.6. The first-order valence-electron chi connectivity index (χ1n) is 6.73. The molecule has 0 amide bonds. The fourth-order valence-electron chi connectivity index (χ4n) is 2.04. The third kappa shape index (κ3) is 3.08. The standard InChI is InChI=1S/C17H13ClN2OS/c1-12-11-19-20(14-7-5-6-13(18)10-14)17(21)16(12)22-15-8-3-2-4-9-15/h2-11H,1H3. The Morgan fingerprint density at radius 3 is 2.59 bits per heavy atom. The molecule has 0 spiro atoms. The highest BCUT2D eigenvalue weighted by atomic mass is 35.5. The van der Waals surface area contributed by atoms with Crippen LogP contribution in [0.15, 0.2) is 75.4 Å². The van der Waals surface area contributed by atoms with Gasteiger partial charge in [-0.15, -0.1) is 0 Å². The molecule has 0 saturated heterocycles. The maximum atomic E-state index is 12.7. The van der Waals surface area contributed by atoms with Crippen molar-refractivity contribution < 1.29 is 0 Å². The number of hydrogen-bond donors (Lipinski definition) is 0. The lowest BCUT2D eigenvalue weighted by Gasteiger charge is -2.09. The van der Waals surface area contributed by atoms with Crippen molar-refractivity contribution in [3.05, 3.63) is 81.7 Å². The summed E-state index contributed by atoms with van der Waals surface area (Å²) in [5, 5.41) is 4.80. The maximum Gasteiger partial charge on any atom is 0.285 e. The van der Waals surface area contributed by atoms with Crippen LogP contribution in [0.3, 0.4) is 0 Å². The van der Waals surface area contributed by atoms with Gasteiger partial charge in [-0.2, -0.15) is 9.78 Å². The van der Waals surface area contributed by atoms with E-state index in [-0.39, 0.29) is 5.56 Å². The molecule has 3 rings (SSSR count). The zero-order valence-electron chi connectivity index (χ0n) is 11.9. The van der Waals surface area contributed by atoms with Crippen LogP contribution in [0, 0.1) is 6.92 Å². The van der Waals surface area contributed by atoms with Crippen LogP contribution >= 0.6 is 23.4 Å². The van der Waals surface area contributed by atoms with Crippen molar-refractivity contribution in [2.75, 3.05) is 0 Å². The molecule has 3 aromatic rings. The number of rotatable bonds is 3. The van der Waals surface area contributed by atoms with Crippen LogP contribution in [-0.2, 0) is 0 Å². The molecule has 0 saturated carbocycles. The molecule has 0 fully saturated rings. The molecule has 2 aromatic carbocycles. The molecule has 1 heterocycles. The lowest BCUT2D eigenvalue weighted by atomic mass is 10.3. The average Bonchev–Trinajstić information content (AvgIpc) is 2.52. The van der Waals surface area contributed by atoms with E-state index in [0.717, 1.165) is 10.5 Å². The van der Waals surface area contributed by atoms with Gasteiger partial charge in [0.2, 0.25) is 0 Å². The van der Waals surface area contributed by atoms with E-state index < -0.39 is 0 Å². The van der Waals surface area contributed by atoms with Gasteiger partial charge in [0.1, 0.15) is 0 Å². The van der Waals surface area contributed by atoms with Crippen molar-refractivity contribution in [3.8, 4) is 5.69 Å². The molecular formula is C17H13ClN2OS. The lowest BCUT2D eigenvalue weighted by molar-refractivity contribution is 0.772. The Labute approximate surface area is 137 Å². The summed E-state index contributed by atoms with van der Waals surface area (Å²) in [6.45, 7) is 1.89. The van der Waals surface area contributed by atoms with Gasteiger partial charge in [-0.3, -0.25) is 4.79 Å². The van der Waals surface area contributed by atoms with E-state index in [2.05, 4.69) is 5.10 Å². The van der Waals surface area contributed by atoms with E-state index in [4.69, 9.17) is 11.6 Å². The van der Waals surface area contributed by atoms with Crippen LogP contribution in [0.5, 0.6) is 0 Å². The van der Waals surface area contributed by atoms with E-state index in [1.54, 1.807) is 24.4 Å². The van der Waals surface area contributed by atoms with Crippen LogP contribution in [0.1, 0.15) is 5.56 Å². The highest BCUT2D eigenvalue weighted by Gasteiger charge is 2.11. The fourth-order valence-corrected chi connectivity index (χ4v) is 3.14. The minimum absolute atomic E-state index is 0.142. The molecule has 0 unspecified atom stereocenters. The normalized spacial score (nSPS) is 10.6. The second kappa shape index (κ2) is 6.38. The van der Waals surface area contributed by atoms with Crippen molar-refractivity contribution in [3.63, 3.8) is 0 Å². The van der Waals surface area contributed by atoms with E-state index in [1.165, 1.54) is 16.4 Å². The van der Waals surface area contributed by atoms with Gasteiger partial charge in [-0.05, 0) is 42.8 Å². The summed E-state index contributed by atoms with van der Waals surface area (Å²) in [5.74, 6) is 0. The van der Waals surface area contributed by atoms with E-state index in [1.807, 2.05) is 43.3 Å². The van der Waals surface area contributed by atoms with E-state index in [0.29, 0.717) is 15.6 Å².